The van der Waals surface area contributed by atoms with E-state index >= 15 is 0 Å². The number of halogens is 1. The smallest absolute Gasteiger partial charge is 0.169 e. The van der Waals surface area contributed by atoms with E-state index < -0.39 is 5.82 Å². The van der Waals surface area contributed by atoms with Gasteiger partial charge in [-0.15, -0.1) is 0 Å². The largest absolute Gasteiger partial charge is 0.495 e. The molecular weight excluding hydrogens is 237 g/mol. The van der Waals surface area contributed by atoms with Crippen molar-refractivity contribution in [1.29, 1.82) is 0 Å². The quantitative estimate of drug-likeness (QED) is 0.797. The Morgan fingerprint density at radius 2 is 2.28 bits per heavy atom. The molecule has 0 aliphatic rings. The molecule has 3 N–H and O–H groups in total. The number of rotatable bonds is 4. The Morgan fingerprint density at radius 1 is 1.50 bits per heavy atom. The summed E-state index contributed by atoms with van der Waals surface area (Å²) in [6, 6.07) is 2.72. The average molecular weight is 251 g/mol. The standard InChI is InChI=1S/C11H14FN5O/c1-17-6-15-11(16-17)5-14-9-4-10(18-2)8(13)3-7(9)12/h3-4,6,14H,5,13H2,1-2H3. The predicted molar refractivity (Wildman–Crippen MR) is 65.7 cm³/mol. The number of aromatic nitrogens is 3. The molecule has 6 nitrogen and oxygen atoms in total. The number of nitrogens with two attached hydrogens (primary N) is 1. The van der Waals surface area contributed by atoms with Crippen molar-refractivity contribution in [2.45, 2.75) is 6.54 Å². The van der Waals surface area contributed by atoms with Crippen molar-refractivity contribution < 1.29 is 9.13 Å². The molecule has 2 rings (SSSR count). The Morgan fingerprint density at radius 3 is 2.89 bits per heavy atom. The van der Waals surface area contributed by atoms with E-state index in [2.05, 4.69) is 15.4 Å². The molecule has 1 heterocycles. The van der Waals surface area contributed by atoms with Gasteiger partial charge in [-0.05, 0) is 0 Å². The van der Waals surface area contributed by atoms with E-state index in [-0.39, 0.29) is 5.69 Å². The van der Waals surface area contributed by atoms with E-state index in [1.165, 1.54) is 19.2 Å². The van der Waals surface area contributed by atoms with Gasteiger partial charge in [0.15, 0.2) is 5.82 Å². The molecule has 96 valence electrons. The van der Waals surface area contributed by atoms with E-state index in [9.17, 15) is 4.39 Å². The number of nitrogen functional groups attached to an aromatic ring is 1. The van der Waals surface area contributed by atoms with Gasteiger partial charge in [0.2, 0.25) is 0 Å². The first-order valence-corrected chi connectivity index (χ1v) is 5.31. The van der Waals surface area contributed by atoms with Crippen LogP contribution < -0.4 is 15.8 Å². The third-order valence-corrected chi connectivity index (χ3v) is 2.40. The van der Waals surface area contributed by atoms with E-state index in [1.54, 1.807) is 18.1 Å². The van der Waals surface area contributed by atoms with Crippen LogP contribution in [-0.2, 0) is 13.6 Å². The summed E-state index contributed by atoms with van der Waals surface area (Å²) in [6.45, 7) is 0.324. The zero-order valence-electron chi connectivity index (χ0n) is 10.1. The van der Waals surface area contributed by atoms with Crippen LogP contribution in [0.4, 0.5) is 15.8 Å². The van der Waals surface area contributed by atoms with Gasteiger partial charge in [-0.2, -0.15) is 5.10 Å². The summed E-state index contributed by atoms with van der Waals surface area (Å²) >= 11 is 0. The minimum absolute atomic E-state index is 0.261. The van der Waals surface area contributed by atoms with Gasteiger partial charge in [-0.3, -0.25) is 4.68 Å². The topological polar surface area (TPSA) is 78.0 Å². The van der Waals surface area contributed by atoms with E-state index in [0.29, 0.717) is 23.8 Å². The number of nitrogens with zero attached hydrogens (tertiary/aromatic N) is 3. The van der Waals surface area contributed by atoms with Crippen LogP contribution in [-0.4, -0.2) is 21.9 Å². The summed E-state index contributed by atoms with van der Waals surface area (Å²) in [7, 11) is 3.25. The highest BCUT2D eigenvalue weighted by Crippen LogP contribution is 2.28. The van der Waals surface area contributed by atoms with Gasteiger partial charge in [0.1, 0.15) is 17.9 Å². The lowest BCUT2D eigenvalue weighted by molar-refractivity contribution is 0.416. The molecule has 0 fully saturated rings. The maximum Gasteiger partial charge on any atom is 0.169 e. The third kappa shape index (κ3) is 2.50. The number of hydrogen-bond acceptors (Lipinski definition) is 5. The van der Waals surface area contributed by atoms with Crippen molar-refractivity contribution in [1.82, 2.24) is 14.8 Å². The van der Waals surface area contributed by atoms with Crippen LogP contribution in [0.15, 0.2) is 18.5 Å². The maximum atomic E-state index is 13.6. The molecule has 0 atom stereocenters. The highest BCUT2D eigenvalue weighted by molar-refractivity contribution is 5.62. The predicted octanol–water partition coefficient (Wildman–Crippen LogP) is 1.16. The summed E-state index contributed by atoms with van der Waals surface area (Å²) in [5.74, 6) is 0.560. The molecule has 0 radical (unpaired) electrons. The molecule has 0 spiro atoms. The van der Waals surface area contributed by atoms with Crippen LogP contribution >= 0.6 is 0 Å². The summed E-state index contributed by atoms with van der Waals surface area (Å²) in [5, 5.41) is 6.98. The Bertz CT molecular complexity index is 554. The second-order valence-corrected chi connectivity index (χ2v) is 3.76. The first-order valence-electron chi connectivity index (χ1n) is 5.31. The molecule has 1 aromatic carbocycles. The van der Waals surface area contributed by atoms with Crippen molar-refractivity contribution in [3.63, 3.8) is 0 Å². The second-order valence-electron chi connectivity index (χ2n) is 3.76. The number of hydrogen-bond donors (Lipinski definition) is 2. The third-order valence-electron chi connectivity index (χ3n) is 2.40. The van der Waals surface area contributed by atoms with Crippen LogP contribution in [0.2, 0.25) is 0 Å². The van der Waals surface area contributed by atoms with Crippen LogP contribution in [0.1, 0.15) is 5.82 Å². The number of ether oxygens (including phenoxy) is 1. The summed E-state index contributed by atoms with van der Waals surface area (Å²) in [4.78, 5) is 4.03. The number of anilines is 2. The fourth-order valence-electron chi connectivity index (χ4n) is 1.52. The van der Waals surface area contributed by atoms with Gasteiger partial charge in [-0.1, -0.05) is 0 Å². The Balaban J connectivity index is 2.13. The van der Waals surface area contributed by atoms with Gasteiger partial charge in [0.25, 0.3) is 0 Å². The first kappa shape index (κ1) is 12.2. The van der Waals surface area contributed by atoms with Crippen LogP contribution in [0.3, 0.4) is 0 Å². The average Bonchev–Trinajstić information content (AvgIpc) is 2.74. The minimum atomic E-state index is -0.441. The lowest BCUT2D eigenvalue weighted by Gasteiger charge is -2.10. The van der Waals surface area contributed by atoms with Crippen molar-refractivity contribution in [2.24, 2.45) is 7.05 Å². The molecule has 0 aliphatic carbocycles. The van der Waals surface area contributed by atoms with E-state index in [0.717, 1.165) is 0 Å². The molecular formula is C11H14FN5O. The molecule has 1 aromatic heterocycles. The van der Waals surface area contributed by atoms with Crippen molar-refractivity contribution in [2.75, 3.05) is 18.2 Å². The second kappa shape index (κ2) is 4.91. The molecule has 0 saturated carbocycles. The van der Waals surface area contributed by atoms with Gasteiger partial charge in [-0.25, -0.2) is 9.37 Å². The van der Waals surface area contributed by atoms with E-state index in [4.69, 9.17) is 10.5 Å². The SMILES string of the molecule is COc1cc(NCc2ncn(C)n2)c(F)cc1N. The first-order chi connectivity index (χ1) is 8.60. The molecule has 7 heteroatoms. The van der Waals surface area contributed by atoms with Gasteiger partial charge < -0.3 is 15.8 Å². The fraction of sp³-hybridized carbons (Fsp3) is 0.273. The van der Waals surface area contributed by atoms with Crippen molar-refractivity contribution in [3.8, 4) is 5.75 Å². The number of methoxy groups -OCH3 is 1. The Labute approximate surface area is 104 Å². The summed E-state index contributed by atoms with van der Waals surface area (Å²) in [5.41, 5.74) is 6.15. The number of nitrogens with one attached hydrogen (secondary N) is 1. The lowest BCUT2D eigenvalue weighted by Crippen LogP contribution is -2.05. The van der Waals surface area contributed by atoms with E-state index in [1.807, 2.05) is 0 Å². The van der Waals surface area contributed by atoms with Crippen LogP contribution in [0.25, 0.3) is 0 Å². The highest BCUT2D eigenvalue weighted by atomic mass is 19.1. The molecule has 2 aromatic rings. The normalized spacial score (nSPS) is 10.4. The van der Waals surface area contributed by atoms with Crippen LogP contribution in [0.5, 0.6) is 5.75 Å². The zero-order valence-corrected chi connectivity index (χ0v) is 10.1. The molecule has 0 amide bonds. The highest BCUT2D eigenvalue weighted by Gasteiger charge is 2.09. The van der Waals surface area contributed by atoms with Gasteiger partial charge >= 0.3 is 0 Å². The summed E-state index contributed by atoms with van der Waals surface area (Å²) in [6.07, 6.45) is 1.58. The Kier molecular flexibility index (Phi) is 3.31. The molecule has 0 saturated heterocycles. The van der Waals surface area contributed by atoms with Crippen LogP contribution in [0, 0.1) is 5.82 Å². The Hall–Kier alpha value is -2.31. The molecule has 0 unspecified atom stereocenters. The van der Waals surface area contributed by atoms with Gasteiger partial charge in [0, 0.05) is 19.2 Å². The fourth-order valence-corrected chi connectivity index (χ4v) is 1.52. The monoisotopic (exact) mass is 251 g/mol. The van der Waals surface area contributed by atoms with Crippen molar-refractivity contribution >= 4 is 11.4 Å². The summed E-state index contributed by atoms with van der Waals surface area (Å²) < 4.78 is 20.2. The molecule has 0 bridgehead atoms. The number of aryl methyl sites for hydroxylation is 1. The molecule has 0 aliphatic heterocycles. The molecule has 18 heavy (non-hydrogen) atoms. The van der Waals surface area contributed by atoms with Crippen molar-refractivity contribution in [3.05, 3.63) is 30.1 Å². The lowest BCUT2D eigenvalue weighted by atomic mass is 10.2. The maximum absolute atomic E-state index is 13.6. The van der Waals surface area contributed by atoms with Gasteiger partial charge in [0.05, 0.1) is 25.0 Å². The minimum Gasteiger partial charge on any atom is -0.495 e. The number of benzene rings is 1. The zero-order chi connectivity index (χ0) is 13.1.